The molecule has 1 heterocycles. The van der Waals surface area contributed by atoms with E-state index in [1.807, 2.05) is 30.9 Å². The number of morpholine rings is 1. The van der Waals surface area contributed by atoms with Gasteiger partial charge in [0, 0.05) is 13.1 Å². The Bertz CT molecular complexity index is 457. The molecule has 0 radical (unpaired) electrons. The van der Waals surface area contributed by atoms with Crippen molar-refractivity contribution in [2.45, 2.75) is 20.4 Å². The molecular formula is C14H21N3O2. The van der Waals surface area contributed by atoms with Crippen molar-refractivity contribution in [1.29, 1.82) is 0 Å². The maximum absolute atomic E-state index is 9.73. The summed E-state index contributed by atoms with van der Waals surface area (Å²) < 4.78 is 5.28. The molecule has 0 unspecified atom stereocenters. The summed E-state index contributed by atoms with van der Waals surface area (Å²) in [7, 11) is 0. The first-order chi connectivity index (χ1) is 9.08. The number of hydrogen-bond acceptors (Lipinski definition) is 3. The van der Waals surface area contributed by atoms with Crippen molar-refractivity contribution in [3.05, 3.63) is 28.8 Å². The van der Waals surface area contributed by atoms with Gasteiger partial charge in [-0.3, -0.25) is 0 Å². The molecule has 1 aliphatic heterocycles. The molecule has 104 valence electrons. The first kappa shape index (κ1) is 13.7. The lowest BCUT2D eigenvalue weighted by Gasteiger charge is -2.27. The number of phenols is 1. The van der Waals surface area contributed by atoms with E-state index in [1.54, 1.807) is 0 Å². The fourth-order valence-electron chi connectivity index (χ4n) is 2.20. The number of aryl methyl sites for hydroxylation is 2. The molecule has 5 nitrogen and oxygen atoms in total. The number of ether oxygens (including phenoxy) is 1. The SMILES string of the molecule is Cc1cc(CN=C(N)N2CCOCC2)cc(C)c1O. The molecule has 0 spiro atoms. The summed E-state index contributed by atoms with van der Waals surface area (Å²) in [6, 6.07) is 3.89. The maximum atomic E-state index is 9.73. The molecule has 1 fully saturated rings. The lowest BCUT2D eigenvalue weighted by molar-refractivity contribution is 0.0674. The molecular weight excluding hydrogens is 242 g/mol. The third kappa shape index (κ3) is 3.38. The van der Waals surface area contributed by atoms with Crippen molar-refractivity contribution in [3.8, 4) is 5.75 Å². The molecule has 0 aliphatic carbocycles. The normalized spacial score (nSPS) is 16.7. The Morgan fingerprint density at radius 1 is 1.32 bits per heavy atom. The maximum Gasteiger partial charge on any atom is 0.191 e. The van der Waals surface area contributed by atoms with Crippen LogP contribution < -0.4 is 5.73 Å². The van der Waals surface area contributed by atoms with E-state index in [1.165, 1.54) is 0 Å². The van der Waals surface area contributed by atoms with Gasteiger partial charge >= 0.3 is 0 Å². The van der Waals surface area contributed by atoms with E-state index in [0.717, 1.165) is 29.8 Å². The van der Waals surface area contributed by atoms with Crippen LogP contribution in [-0.2, 0) is 11.3 Å². The van der Waals surface area contributed by atoms with Crippen LogP contribution >= 0.6 is 0 Å². The number of hydrogen-bond donors (Lipinski definition) is 2. The number of aromatic hydroxyl groups is 1. The van der Waals surface area contributed by atoms with Gasteiger partial charge in [0.2, 0.25) is 0 Å². The van der Waals surface area contributed by atoms with Crippen LogP contribution in [0, 0.1) is 13.8 Å². The minimum Gasteiger partial charge on any atom is -0.507 e. The molecule has 1 aromatic rings. The largest absolute Gasteiger partial charge is 0.507 e. The van der Waals surface area contributed by atoms with E-state index in [4.69, 9.17) is 10.5 Å². The molecule has 0 saturated carbocycles. The Morgan fingerprint density at radius 2 is 1.89 bits per heavy atom. The summed E-state index contributed by atoms with van der Waals surface area (Å²) >= 11 is 0. The summed E-state index contributed by atoms with van der Waals surface area (Å²) in [5, 5.41) is 9.73. The fraction of sp³-hybridized carbons (Fsp3) is 0.500. The second kappa shape index (κ2) is 5.93. The number of nitrogens with two attached hydrogens (primary N) is 1. The molecule has 1 aliphatic rings. The Balaban J connectivity index is 2.04. The molecule has 0 atom stereocenters. The highest BCUT2D eigenvalue weighted by Gasteiger charge is 2.12. The van der Waals surface area contributed by atoms with Gasteiger partial charge < -0.3 is 20.5 Å². The number of aliphatic imine (C=N–C) groups is 1. The predicted octanol–water partition coefficient (Wildman–Crippen LogP) is 1.16. The van der Waals surface area contributed by atoms with Crippen molar-refractivity contribution in [1.82, 2.24) is 4.90 Å². The molecule has 1 aromatic carbocycles. The predicted molar refractivity (Wildman–Crippen MR) is 75.3 cm³/mol. The van der Waals surface area contributed by atoms with Gasteiger partial charge in [-0.2, -0.15) is 0 Å². The summed E-state index contributed by atoms with van der Waals surface area (Å²) in [5.41, 5.74) is 8.77. The van der Waals surface area contributed by atoms with E-state index in [9.17, 15) is 5.11 Å². The Kier molecular flexibility index (Phi) is 4.27. The highest BCUT2D eigenvalue weighted by Crippen LogP contribution is 2.23. The summed E-state index contributed by atoms with van der Waals surface area (Å²) in [6.07, 6.45) is 0. The van der Waals surface area contributed by atoms with Crippen LogP contribution in [0.25, 0.3) is 0 Å². The molecule has 19 heavy (non-hydrogen) atoms. The van der Waals surface area contributed by atoms with Crippen molar-refractivity contribution < 1.29 is 9.84 Å². The number of guanidine groups is 1. The monoisotopic (exact) mass is 263 g/mol. The van der Waals surface area contributed by atoms with E-state index < -0.39 is 0 Å². The zero-order valence-electron chi connectivity index (χ0n) is 11.5. The number of rotatable bonds is 2. The molecule has 0 amide bonds. The van der Waals surface area contributed by atoms with Crippen molar-refractivity contribution in [2.75, 3.05) is 26.3 Å². The smallest absolute Gasteiger partial charge is 0.191 e. The summed E-state index contributed by atoms with van der Waals surface area (Å²) in [5.74, 6) is 0.917. The van der Waals surface area contributed by atoms with Crippen LogP contribution in [0.3, 0.4) is 0 Å². The number of phenolic OH excluding ortho intramolecular Hbond substituents is 1. The van der Waals surface area contributed by atoms with Crippen LogP contribution in [0.2, 0.25) is 0 Å². The minimum atomic E-state index is 0.355. The molecule has 0 bridgehead atoms. The van der Waals surface area contributed by atoms with Crippen LogP contribution in [0.15, 0.2) is 17.1 Å². The van der Waals surface area contributed by atoms with Gasteiger partial charge in [0.1, 0.15) is 5.75 Å². The lowest BCUT2D eigenvalue weighted by atomic mass is 10.1. The van der Waals surface area contributed by atoms with Gasteiger partial charge in [0.05, 0.1) is 19.8 Å². The summed E-state index contributed by atoms with van der Waals surface area (Å²) in [6.45, 7) is 7.31. The first-order valence-electron chi connectivity index (χ1n) is 6.49. The van der Waals surface area contributed by atoms with Crippen LogP contribution in [0.5, 0.6) is 5.75 Å². The Labute approximate surface area is 113 Å². The van der Waals surface area contributed by atoms with Crippen molar-refractivity contribution in [2.24, 2.45) is 10.7 Å². The van der Waals surface area contributed by atoms with Gasteiger partial charge in [0.25, 0.3) is 0 Å². The molecule has 0 aromatic heterocycles. The van der Waals surface area contributed by atoms with E-state index in [0.29, 0.717) is 31.5 Å². The zero-order chi connectivity index (χ0) is 13.8. The van der Waals surface area contributed by atoms with Crippen molar-refractivity contribution in [3.63, 3.8) is 0 Å². The summed E-state index contributed by atoms with van der Waals surface area (Å²) in [4.78, 5) is 6.44. The number of benzene rings is 1. The Hall–Kier alpha value is -1.75. The van der Waals surface area contributed by atoms with Crippen LogP contribution in [0.1, 0.15) is 16.7 Å². The van der Waals surface area contributed by atoms with Gasteiger partial charge in [-0.1, -0.05) is 12.1 Å². The van der Waals surface area contributed by atoms with E-state index >= 15 is 0 Å². The molecule has 3 N–H and O–H groups in total. The molecule has 2 rings (SSSR count). The third-order valence-corrected chi connectivity index (χ3v) is 3.31. The molecule has 5 heteroatoms. The highest BCUT2D eigenvalue weighted by molar-refractivity contribution is 5.78. The standard InChI is InChI=1S/C14H21N3O2/c1-10-7-12(8-11(2)13(10)18)9-16-14(15)17-3-5-19-6-4-17/h7-8,18H,3-6,9H2,1-2H3,(H2,15,16). The lowest BCUT2D eigenvalue weighted by Crippen LogP contribution is -2.44. The second-order valence-corrected chi connectivity index (χ2v) is 4.85. The highest BCUT2D eigenvalue weighted by atomic mass is 16.5. The zero-order valence-corrected chi connectivity index (χ0v) is 11.5. The van der Waals surface area contributed by atoms with Gasteiger partial charge in [-0.15, -0.1) is 0 Å². The number of nitrogens with zero attached hydrogens (tertiary/aromatic N) is 2. The topological polar surface area (TPSA) is 71.1 Å². The van der Waals surface area contributed by atoms with Crippen LogP contribution in [0.4, 0.5) is 0 Å². The van der Waals surface area contributed by atoms with Crippen LogP contribution in [-0.4, -0.2) is 42.3 Å². The Morgan fingerprint density at radius 3 is 2.47 bits per heavy atom. The quantitative estimate of drug-likeness (QED) is 0.620. The van der Waals surface area contributed by atoms with Gasteiger partial charge in [0.15, 0.2) is 5.96 Å². The third-order valence-electron chi connectivity index (χ3n) is 3.31. The van der Waals surface area contributed by atoms with Gasteiger partial charge in [-0.25, -0.2) is 4.99 Å². The second-order valence-electron chi connectivity index (χ2n) is 4.85. The fourth-order valence-corrected chi connectivity index (χ4v) is 2.20. The van der Waals surface area contributed by atoms with Crippen molar-refractivity contribution >= 4 is 5.96 Å². The first-order valence-corrected chi connectivity index (χ1v) is 6.49. The van der Waals surface area contributed by atoms with Gasteiger partial charge in [-0.05, 0) is 30.5 Å². The minimum absolute atomic E-state index is 0.355. The molecule has 1 saturated heterocycles. The van der Waals surface area contributed by atoms with E-state index in [2.05, 4.69) is 4.99 Å². The van der Waals surface area contributed by atoms with E-state index in [-0.39, 0.29) is 0 Å². The average molecular weight is 263 g/mol. The average Bonchev–Trinajstić information content (AvgIpc) is 2.43.